The van der Waals surface area contributed by atoms with E-state index in [1.54, 1.807) is 0 Å². The average Bonchev–Trinajstić information content (AvgIpc) is 3.27. The molecule has 0 heteroatoms. The van der Waals surface area contributed by atoms with Gasteiger partial charge in [0.25, 0.3) is 0 Å². The molecule has 1 aliphatic rings. The van der Waals surface area contributed by atoms with E-state index in [0.29, 0.717) is 0 Å². The number of benzene rings is 8. The number of hydrogen-bond donors (Lipinski definition) is 0. The van der Waals surface area contributed by atoms with Gasteiger partial charge in [-0.05, 0) is 106 Å². The highest BCUT2D eigenvalue weighted by Gasteiger charge is 2.36. The Bertz CT molecular complexity index is 2410. The van der Waals surface area contributed by atoms with Crippen LogP contribution in [0, 0.1) is 0 Å². The summed E-state index contributed by atoms with van der Waals surface area (Å²) in [7, 11) is 0. The lowest BCUT2D eigenvalue weighted by molar-refractivity contribution is 0.661. The molecule has 8 aromatic carbocycles. The summed E-state index contributed by atoms with van der Waals surface area (Å²) in [5.74, 6) is 0. The van der Waals surface area contributed by atoms with Crippen LogP contribution >= 0.6 is 0 Å². The van der Waals surface area contributed by atoms with Crippen LogP contribution in [-0.2, 0) is 5.41 Å². The third-order valence-electron chi connectivity index (χ3n) is 9.81. The van der Waals surface area contributed by atoms with Crippen LogP contribution in [0.3, 0.4) is 0 Å². The second kappa shape index (κ2) is 8.90. The van der Waals surface area contributed by atoms with Crippen LogP contribution in [0.1, 0.15) is 25.0 Å². The predicted octanol–water partition coefficient (Wildman–Crippen LogP) is 11.9. The Morgan fingerprint density at radius 3 is 1.74 bits per heavy atom. The fourth-order valence-electron chi connectivity index (χ4n) is 7.74. The Kier molecular flexibility index (Phi) is 5.05. The normalized spacial score (nSPS) is 13.5. The Hall–Kier alpha value is -5.20. The third kappa shape index (κ3) is 3.44. The Balaban J connectivity index is 1.39. The highest BCUT2D eigenvalue weighted by molar-refractivity contribution is 6.28. The summed E-state index contributed by atoms with van der Waals surface area (Å²) in [5, 5.41) is 10.4. The molecule has 0 spiro atoms. The molecule has 1 aliphatic carbocycles. The molecular formula is C43H30. The SMILES string of the molecule is CC1(C)c2cc(-c3c4ccccc4c(-c4ccccc4)c4c3ccc3ccccc34)ccc2-c2cc3ccccc3cc21. The van der Waals surface area contributed by atoms with Crippen LogP contribution < -0.4 is 0 Å². The van der Waals surface area contributed by atoms with Crippen molar-refractivity contribution in [3.63, 3.8) is 0 Å². The molecular weight excluding hydrogens is 516 g/mol. The van der Waals surface area contributed by atoms with E-state index in [9.17, 15) is 0 Å². The summed E-state index contributed by atoms with van der Waals surface area (Å²) in [4.78, 5) is 0. The van der Waals surface area contributed by atoms with Gasteiger partial charge in [0.2, 0.25) is 0 Å². The summed E-state index contributed by atoms with van der Waals surface area (Å²) in [6.45, 7) is 4.77. The molecule has 0 atom stereocenters. The van der Waals surface area contributed by atoms with E-state index < -0.39 is 0 Å². The first-order valence-corrected chi connectivity index (χ1v) is 15.2. The first kappa shape index (κ1) is 24.4. The van der Waals surface area contributed by atoms with Crippen LogP contribution in [0.15, 0.2) is 146 Å². The molecule has 0 amide bonds. The van der Waals surface area contributed by atoms with Crippen molar-refractivity contribution in [1.29, 1.82) is 0 Å². The fourth-order valence-corrected chi connectivity index (χ4v) is 7.74. The van der Waals surface area contributed by atoms with Crippen molar-refractivity contribution in [1.82, 2.24) is 0 Å². The van der Waals surface area contributed by atoms with E-state index in [1.165, 1.54) is 87.6 Å². The van der Waals surface area contributed by atoms with Gasteiger partial charge in [-0.15, -0.1) is 0 Å². The zero-order chi connectivity index (χ0) is 28.7. The molecule has 202 valence electrons. The van der Waals surface area contributed by atoms with Gasteiger partial charge in [-0.25, -0.2) is 0 Å². The van der Waals surface area contributed by atoms with Crippen LogP contribution in [0.5, 0.6) is 0 Å². The molecule has 0 saturated heterocycles. The molecule has 0 saturated carbocycles. The van der Waals surface area contributed by atoms with Crippen LogP contribution in [0.25, 0.3) is 76.5 Å². The largest absolute Gasteiger partial charge is 0.0622 e. The van der Waals surface area contributed by atoms with Crippen molar-refractivity contribution in [2.24, 2.45) is 0 Å². The van der Waals surface area contributed by atoms with Crippen LogP contribution in [0.4, 0.5) is 0 Å². The molecule has 0 unspecified atom stereocenters. The maximum absolute atomic E-state index is 2.48. The van der Waals surface area contributed by atoms with Crippen LogP contribution in [0.2, 0.25) is 0 Å². The van der Waals surface area contributed by atoms with Gasteiger partial charge < -0.3 is 0 Å². The minimum atomic E-state index is -0.0903. The molecule has 0 fully saturated rings. The minimum Gasteiger partial charge on any atom is -0.0622 e. The number of hydrogen-bond acceptors (Lipinski definition) is 0. The van der Waals surface area contributed by atoms with E-state index in [1.807, 2.05) is 0 Å². The Morgan fingerprint density at radius 1 is 0.372 bits per heavy atom. The van der Waals surface area contributed by atoms with E-state index >= 15 is 0 Å². The first-order chi connectivity index (χ1) is 21.1. The molecule has 0 N–H and O–H groups in total. The third-order valence-corrected chi connectivity index (χ3v) is 9.81. The summed E-state index contributed by atoms with van der Waals surface area (Å²) in [6.07, 6.45) is 0. The summed E-state index contributed by atoms with van der Waals surface area (Å²) in [5.41, 5.74) is 10.6. The summed E-state index contributed by atoms with van der Waals surface area (Å²) >= 11 is 0. The van der Waals surface area contributed by atoms with Crippen molar-refractivity contribution in [3.8, 4) is 33.4 Å². The summed E-state index contributed by atoms with van der Waals surface area (Å²) < 4.78 is 0. The molecule has 0 heterocycles. The standard InChI is InChI=1S/C43H30/c1-43(2)38-26-31(21-22-33(38)37-24-29-15-6-7-16-30(29)25-39(37)43)40-34-18-10-11-19-35(34)41(28-13-4-3-5-14-28)42-32-17-9-8-12-27(32)20-23-36(40)42/h3-26H,1-2H3. The summed E-state index contributed by atoms with van der Waals surface area (Å²) in [6, 6.07) is 54.1. The fraction of sp³-hybridized carbons (Fsp3) is 0.0698. The van der Waals surface area contributed by atoms with Crippen LogP contribution in [-0.4, -0.2) is 0 Å². The monoisotopic (exact) mass is 546 g/mol. The molecule has 0 aromatic heterocycles. The van der Waals surface area contributed by atoms with Gasteiger partial charge in [0.1, 0.15) is 0 Å². The second-order valence-corrected chi connectivity index (χ2v) is 12.5. The quantitative estimate of drug-likeness (QED) is 0.149. The van der Waals surface area contributed by atoms with Gasteiger partial charge in [0.15, 0.2) is 0 Å². The molecule has 43 heavy (non-hydrogen) atoms. The number of fused-ring (bicyclic) bond motifs is 8. The predicted molar refractivity (Wildman–Crippen MR) is 185 cm³/mol. The molecule has 0 nitrogen and oxygen atoms in total. The Labute approximate surface area is 251 Å². The smallest absolute Gasteiger partial charge is 0.0159 e. The van der Waals surface area contributed by atoms with E-state index in [0.717, 1.165) is 0 Å². The highest BCUT2D eigenvalue weighted by Crippen LogP contribution is 2.52. The molecule has 0 bridgehead atoms. The lowest BCUT2D eigenvalue weighted by Gasteiger charge is -2.23. The van der Waals surface area contributed by atoms with E-state index in [4.69, 9.17) is 0 Å². The van der Waals surface area contributed by atoms with Gasteiger partial charge in [0.05, 0.1) is 0 Å². The van der Waals surface area contributed by atoms with Crippen molar-refractivity contribution in [2.45, 2.75) is 19.3 Å². The van der Waals surface area contributed by atoms with Gasteiger partial charge in [-0.3, -0.25) is 0 Å². The van der Waals surface area contributed by atoms with E-state index in [-0.39, 0.29) is 5.41 Å². The zero-order valence-electron chi connectivity index (χ0n) is 24.4. The number of rotatable bonds is 2. The van der Waals surface area contributed by atoms with Gasteiger partial charge in [-0.2, -0.15) is 0 Å². The lowest BCUT2D eigenvalue weighted by atomic mass is 9.80. The Morgan fingerprint density at radius 2 is 0.977 bits per heavy atom. The van der Waals surface area contributed by atoms with Gasteiger partial charge >= 0.3 is 0 Å². The minimum absolute atomic E-state index is 0.0903. The maximum atomic E-state index is 2.48. The molecule has 9 rings (SSSR count). The van der Waals surface area contributed by atoms with Gasteiger partial charge in [-0.1, -0.05) is 141 Å². The molecule has 0 aliphatic heterocycles. The van der Waals surface area contributed by atoms with Crippen molar-refractivity contribution < 1.29 is 0 Å². The topological polar surface area (TPSA) is 0 Å². The maximum Gasteiger partial charge on any atom is 0.0159 e. The zero-order valence-corrected chi connectivity index (χ0v) is 24.4. The van der Waals surface area contributed by atoms with E-state index in [2.05, 4.69) is 159 Å². The van der Waals surface area contributed by atoms with Crippen molar-refractivity contribution in [3.05, 3.63) is 157 Å². The second-order valence-electron chi connectivity index (χ2n) is 12.5. The lowest BCUT2D eigenvalue weighted by Crippen LogP contribution is -2.15. The highest BCUT2D eigenvalue weighted by atomic mass is 14.4. The molecule has 0 radical (unpaired) electrons. The van der Waals surface area contributed by atoms with Gasteiger partial charge in [0, 0.05) is 5.41 Å². The average molecular weight is 547 g/mol. The van der Waals surface area contributed by atoms with Crippen molar-refractivity contribution in [2.75, 3.05) is 0 Å². The van der Waals surface area contributed by atoms with Crippen molar-refractivity contribution >= 4 is 43.1 Å². The molecule has 8 aromatic rings. The first-order valence-electron chi connectivity index (χ1n) is 15.2.